The lowest BCUT2D eigenvalue weighted by Crippen LogP contribution is -2.13. The summed E-state index contributed by atoms with van der Waals surface area (Å²) < 4.78 is 23.9. The summed E-state index contributed by atoms with van der Waals surface area (Å²) in [7, 11) is 2.76. The Hall–Kier alpha value is -2.87. The normalized spacial score (nSPS) is 10.2. The lowest BCUT2D eigenvalue weighted by atomic mass is 10.1. The molecule has 1 N–H and O–H groups in total. The first-order chi connectivity index (χ1) is 11.4. The second kappa shape index (κ2) is 7.14. The Morgan fingerprint density at radius 1 is 1.25 bits per heavy atom. The van der Waals surface area contributed by atoms with E-state index >= 15 is 0 Å². The van der Waals surface area contributed by atoms with Crippen molar-refractivity contribution in [2.75, 3.05) is 19.5 Å². The van der Waals surface area contributed by atoms with E-state index in [1.165, 1.54) is 26.4 Å². The number of carbonyl (C=O) groups is 1. The molecule has 2 aromatic rings. The number of halogens is 2. The maximum Gasteiger partial charge on any atom is 0.271 e. The lowest BCUT2D eigenvalue weighted by Gasteiger charge is -2.12. The fraction of sp³-hybridized carbons (Fsp3) is 0.133. The number of ether oxygens (including phenoxy) is 2. The highest BCUT2D eigenvalue weighted by Crippen LogP contribution is 2.36. The van der Waals surface area contributed by atoms with Crippen LogP contribution in [0.2, 0.25) is 5.02 Å². The summed E-state index contributed by atoms with van der Waals surface area (Å²) >= 11 is 6.01. The zero-order valence-corrected chi connectivity index (χ0v) is 13.4. The lowest BCUT2D eigenvalue weighted by molar-refractivity contribution is -0.384. The molecule has 9 heteroatoms. The summed E-state index contributed by atoms with van der Waals surface area (Å²) in [6.45, 7) is 0. The quantitative estimate of drug-likeness (QED) is 0.653. The summed E-state index contributed by atoms with van der Waals surface area (Å²) in [6, 6.07) is 5.49. The van der Waals surface area contributed by atoms with Crippen molar-refractivity contribution in [3.63, 3.8) is 0 Å². The maximum absolute atomic E-state index is 13.7. The van der Waals surface area contributed by atoms with E-state index < -0.39 is 16.6 Å². The molecule has 0 fully saturated rings. The zero-order valence-electron chi connectivity index (χ0n) is 12.6. The van der Waals surface area contributed by atoms with E-state index in [0.29, 0.717) is 0 Å². The van der Waals surface area contributed by atoms with Gasteiger partial charge in [0.25, 0.3) is 11.6 Å². The van der Waals surface area contributed by atoms with Crippen LogP contribution in [0, 0.1) is 15.9 Å². The summed E-state index contributed by atoms with van der Waals surface area (Å²) in [5.41, 5.74) is -0.597. The number of non-ortho nitro benzene ring substituents is 1. The van der Waals surface area contributed by atoms with Gasteiger partial charge in [0.15, 0.2) is 11.5 Å². The van der Waals surface area contributed by atoms with Crippen LogP contribution >= 0.6 is 11.6 Å². The predicted octanol–water partition coefficient (Wildman–Crippen LogP) is 3.66. The van der Waals surface area contributed by atoms with Crippen molar-refractivity contribution in [2.24, 2.45) is 0 Å². The molecule has 0 heterocycles. The molecule has 2 rings (SSSR count). The largest absolute Gasteiger partial charge is 0.493 e. The summed E-state index contributed by atoms with van der Waals surface area (Å²) in [4.78, 5) is 22.3. The first-order valence-electron chi connectivity index (χ1n) is 6.54. The third kappa shape index (κ3) is 3.54. The molecule has 0 unspecified atom stereocenters. The van der Waals surface area contributed by atoms with Crippen LogP contribution in [0.4, 0.5) is 15.8 Å². The van der Waals surface area contributed by atoms with Gasteiger partial charge in [-0.2, -0.15) is 0 Å². The van der Waals surface area contributed by atoms with E-state index in [9.17, 15) is 19.3 Å². The fourth-order valence-electron chi connectivity index (χ4n) is 1.97. The van der Waals surface area contributed by atoms with Crippen molar-refractivity contribution in [1.82, 2.24) is 0 Å². The molecule has 0 aliphatic rings. The standard InChI is InChI=1S/C15H12ClFN2O5/c1-23-13-6-8(5-10(16)14(13)24-2)15(20)18-12-7-9(19(21)22)3-4-11(12)17/h3-7H,1-2H3,(H,18,20). The minimum Gasteiger partial charge on any atom is -0.493 e. The molecule has 126 valence electrons. The molecule has 0 aliphatic heterocycles. The second-order valence-electron chi connectivity index (χ2n) is 4.57. The first-order valence-corrected chi connectivity index (χ1v) is 6.92. The Balaban J connectivity index is 2.35. The van der Waals surface area contributed by atoms with Crippen molar-refractivity contribution in [3.8, 4) is 11.5 Å². The molecular weight excluding hydrogens is 343 g/mol. The third-order valence-electron chi connectivity index (χ3n) is 3.10. The van der Waals surface area contributed by atoms with Crippen molar-refractivity contribution < 1.29 is 23.6 Å². The van der Waals surface area contributed by atoms with Gasteiger partial charge in [0.1, 0.15) is 5.82 Å². The monoisotopic (exact) mass is 354 g/mol. The molecule has 2 aromatic carbocycles. The van der Waals surface area contributed by atoms with Crippen LogP contribution in [0.1, 0.15) is 10.4 Å². The smallest absolute Gasteiger partial charge is 0.271 e. The van der Waals surface area contributed by atoms with Gasteiger partial charge in [-0.25, -0.2) is 4.39 Å². The number of rotatable bonds is 5. The minimum atomic E-state index is -0.805. The summed E-state index contributed by atoms with van der Waals surface area (Å²) in [5, 5.41) is 13.1. The van der Waals surface area contributed by atoms with Crippen molar-refractivity contribution >= 4 is 28.9 Å². The van der Waals surface area contributed by atoms with Crippen LogP contribution < -0.4 is 14.8 Å². The van der Waals surface area contributed by atoms with E-state index in [1.807, 2.05) is 0 Å². The van der Waals surface area contributed by atoms with E-state index in [-0.39, 0.29) is 33.5 Å². The van der Waals surface area contributed by atoms with Crippen LogP contribution in [-0.2, 0) is 0 Å². The van der Waals surface area contributed by atoms with E-state index in [1.54, 1.807) is 0 Å². The van der Waals surface area contributed by atoms with Crippen molar-refractivity contribution in [2.45, 2.75) is 0 Å². The highest BCUT2D eigenvalue weighted by molar-refractivity contribution is 6.32. The molecule has 0 atom stereocenters. The average molecular weight is 355 g/mol. The fourth-order valence-corrected chi connectivity index (χ4v) is 2.25. The van der Waals surface area contributed by atoms with Crippen molar-refractivity contribution in [3.05, 3.63) is 56.8 Å². The average Bonchev–Trinajstić information content (AvgIpc) is 2.55. The van der Waals surface area contributed by atoms with Crippen LogP contribution in [0.25, 0.3) is 0 Å². The second-order valence-corrected chi connectivity index (χ2v) is 4.98. The molecule has 0 spiro atoms. The molecule has 24 heavy (non-hydrogen) atoms. The number of methoxy groups -OCH3 is 2. The number of nitrogens with one attached hydrogen (secondary N) is 1. The van der Waals surface area contributed by atoms with Gasteiger partial charge in [0, 0.05) is 17.7 Å². The van der Waals surface area contributed by atoms with E-state index in [4.69, 9.17) is 21.1 Å². The Morgan fingerprint density at radius 2 is 1.96 bits per heavy atom. The number of hydrogen-bond acceptors (Lipinski definition) is 5. The van der Waals surface area contributed by atoms with Gasteiger partial charge >= 0.3 is 0 Å². The summed E-state index contributed by atoms with van der Waals surface area (Å²) in [6.07, 6.45) is 0. The van der Waals surface area contributed by atoms with Crippen LogP contribution in [0.5, 0.6) is 11.5 Å². The van der Waals surface area contributed by atoms with Crippen molar-refractivity contribution in [1.29, 1.82) is 0 Å². The zero-order chi connectivity index (χ0) is 17.9. The Morgan fingerprint density at radius 3 is 2.54 bits per heavy atom. The number of anilines is 1. The molecule has 0 aliphatic carbocycles. The molecule has 0 radical (unpaired) electrons. The molecule has 0 bridgehead atoms. The topological polar surface area (TPSA) is 90.7 Å². The van der Waals surface area contributed by atoms with Crippen LogP contribution in [0.3, 0.4) is 0 Å². The van der Waals surface area contributed by atoms with E-state index in [0.717, 1.165) is 18.2 Å². The number of amides is 1. The SMILES string of the molecule is COc1cc(C(=O)Nc2cc([N+](=O)[O-])ccc2F)cc(Cl)c1OC. The highest BCUT2D eigenvalue weighted by atomic mass is 35.5. The number of carbonyl (C=O) groups excluding carboxylic acids is 1. The Bertz CT molecular complexity index is 813. The number of nitro groups is 1. The third-order valence-corrected chi connectivity index (χ3v) is 3.39. The van der Waals surface area contributed by atoms with Gasteiger partial charge in [0.05, 0.1) is 29.9 Å². The van der Waals surface area contributed by atoms with Crippen LogP contribution in [0.15, 0.2) is 30.3 Å². The summed E-state index contributed by atoms with van der Waals surface area (Å²) in [5.74, 6) is -1.05. The maximum atomic E-state index is 13.7. The molecule has 0 saturated carbocycles. The van der Waals surface area contributed by atoms with Gasteiger partial charge in [0.2, 0.25) is 0 Å². The Kier molecular flexibility index (Phi) is 5.20. The number of nitro benzene ring substituents is 1. The molecular formula is C15H12ClFN2O5. The molecule has 0 saturated heterocycles. The van der Waals surface area contributed by atoms with Crippen LogP contribution in [-0.4, -0.2) is 25.1 Å². The van der Waals surface area contributed by atoms with Gasteiger partial charge < -0.3 is 14.8 Å². The van der Waals surface area contributed by atoms with Gasteiger partial charge in [-0.3, -0.25) is 14.9 Å². The van der Waals surface area contributed by atoms with Gasteiger partial charge in [-0.1, -0.05) is 11.6 Å². The number of benzene rings is 2. The van der Waals surface area contributed by atoms with Gasteiger partial charge in [-0.15, -0.1) is 0 Å². The number of hydrogen-bond donors (Lipinski definition) is 1. The minimum absolute atomic E-state index is 0.0727. The predicted molar refractivity (Wildman–Crippen MR) is 85.6 cm³/mol. The van der Waals surface area contributed by atoms with E-state index in [2.05, 4.69) is 5.32 Å². The molecule has 7 nitrogen and oxygen atoms in total. The first kappa shape index (κ1) is 17.5. The van der Waals surface area contributed by atoms with Gasteiger partial charge in [-0.05, 0) is 18.2 Å². The number of nitrogens with zero attached hydrogens (tertiary/aromatic N) is 1. The molecule has 1 amide bonds. The molecule has 0 aromatic heterocycles. The Labute approximate surface area is 141 Å². The highest BCUT2D eigenvalue weighted by Gasteiger charge is 2.18.